The van der Waals surface area contributed by atoms with E-state index in [4.69, 9.17) is 4.89 Å². The molecule has 0 aromatic rings. The Morgan fingerprint density at radius 1 is 0.750 bits per heavy atom. The van der Waals surface area contributed by atoms with Crippen molar-refractivity contribution in [3.8, 4) is 0 Å². The first-order valence-electron chi connectivity index (χ1n) is 9.98. The SMILES string of the molecule is CCCC[PH](CC)(CCCC)CCCC.CCOP(=O)(O)OCC. The molecule has 0 aliphatic heterocycles. The van der Waals surface area contributed by atoms with Gasteiger partial charge in [-0.2, -0.15) is 0 Å². The molecule has 0 aromatic carbocycles. The Balaban J connectivity index is 0. The second-order valence-electron chi connectivity index (χ2n) is 6.47. The standard InChI is InChI=1S/C14H33P.C4H11O4P/c1-5-9-12-15(8-4,13-10-6-2)14-11-7-3;1-3-7-9(5,6)8-4-2/h15H,5-14H2,1-4H3;3-4H2,1-2H3,(H,5,6). The quantitative estimate of drug-likeness (QED) is 0.355. The summed E-state index contributed by atoms with van der Waals surface area (Å²) in [5.74, 6) is 0. The van der Waals surface area contributed by atoms with Crippen molar-refractivity contribution in [2.75, 3.05) is 37.9 Å². The first-order chi connectivity index (χ1) is 11.4. The predicted octanol–water partition coefficient (Wildman–Crippen LogP) is 6.32. The maximum atomic E-state index is 10.5. The number of unbranched alkanes of at least 4 members (excludes halogenated alkanes) is 3. The predicted molar refractivity (Wildman–Crippen MR) is 111 cm³/mol. The van der Waals surface area contributed by atoms with Gasteiger partial charge in [0.1, 0.15) is 0 Å². The molecule has 4 nitrogen and oxygen atoms in total. The van der Waals surface area contributed by atoms with Gasteiger partial charge < -0.3 is 4.89 Å². The summed E-state index contributed by atoms with van der Waals surface area (Å²) in [4.78, 5) is 8.63. The summed E-state index contributed by atoms with van der Waals surface area (Å²) >= 11 is 0. The van der Waals surface area contributed by atoms with E-state index in [1.54, 1.807) is 32.3 Å². The van der Waals surface area contributed by atoms with Crippen LogP contribution in [0.5, 0.6) is 0 Å². The minimum absolute atomic E-state index is 0.188. The second kappa shape index (κ2) is 17.0. The van der Waals surface area contributed by atoms with Crippen LogP contribution in [0.2, 0.25) is 0 Å². The molecule has 0 spiro atoms. The third kappa shape index (κ3) is 14.8. The topological polar surface area (TPSA) is 55.8 Å². The van der Waals surface area contributed by atoms with E-state index in [-0.39, 0.29) is 13.2 Å². The van der Waals surface area contributed by atoms with Crippen LogP contribution in [0, 0.1) is 0 Å². The minimum Gasteiger partial charge on any atom is -0.302 e. The van der Waals surface area contributed by atoms with E-state index in [1.807, 2.05) is 0 Å². The fourth-order valence-corrected chi connectivity index (χ4v) is 8.77. The summed E-state index contributed by atoms with van der Waals surface area (Å²) in [6, 6.07) is 0. The first-order valence-corrected chi connectivity index (χ1v) is 14.3. The van der Waals surface area contributed by atoms with Crippen molar-refractivity contribution in [1.29, 1.82) is 0 Å². The largest absolute Gasteiger partial charge is 0.472 e. The molecule has 0 unspecified atom stereocenters. The molecule has 0 aliphatic rings. The number of phosphoric acid groups is 1. The van der Waals surface area contributed by atoms with Crippen molar-refractivity contribution in [1.82, 2.24) is 0 Å². The average molecular weight is 386 g/mol. The van der Waals surface area contributed by atoms with E-state index in [1.165, 1.54) is 44.7 Å². The summed E-state index contributed by atoms with van der Waals surface area (Å²) < 4.78 is 19.2. The zero-order chi connectivity index (χ0) is 18.9. The van der Waals surface area contributed by atoms with E-state index in [2.05, 4.69) is 36.7 Å². The van der Waals surface area contributed by atoms with E-state index < -0.39 is 15.1 Å². The van der Waals surface area contributed by atoms with E-state index in [0.29, 0.717) is 0 Å². The van der Waals surface area contributed by atoms with Gasteiger partial charge >= 0.3 is 106 Å². The van der Waals surface area contributed by atoms with E-state index in [0.717, 1.165) is 0 Å². The van der Waals surface area contributed by atoms with E-state index in [9.17, 15) is 4.57 Å². The van der Waals surface area contributed by atoms with E-state index >= 15 is 0 Å². The van der Waals surface area contributed by atoms with Gasteiger partial charge in [0.2, 0.25) is 0 Å². The molecule has 150 valence electrons. The second-order valence-corrected chi connectivity index (χ2v) is 13.1. The molecule has 0 atom stereocenters. The van der Waals surface area contributed by atoms with Crippen LogP contribution in [0.4, 0.5) is 0 Å². The Bertz CT molecular complexity index is 280. The molecule has 0 saturated heterocycles. The smallest absolute Gasteiger partial charge is 0.302 e. The van der Waals surface area contributed by atoms with Gasteiger partial charge in [0.05, 0.1) is 13.2 Å². The van der Waals surface area contributed by atoms with Gasteiger partial charge in [0.15, 0.2) is 0 Å². The van der Waals surface area contributed by atoms with Gasteiger partial charge in [0, 0.05) is 0 Å². The zero-order valence-electron chi connectivity index (χ0n) is 17.1. The summed E-state index contributed by atoms with van der Waals surface area (Å²) in [7, 11) is -4.52. The number of rotatable bonds is 14. The van der Waals surface area contributed by atoms with Crippen molar-refractivity contribution >= 4 is 15.1 Å². The van der Waals surface area contributed by atoms with Gasteiger partial charge in [-0.3, -0.25) is 9.05 Å². The summed E-state index contributed by atoms with van der Waals surface area (Å²) in [5.41, 5.74) is 0. The molecule has 0 aromatic heterocycles. The average Bonchev–Trinajstić information content (AvgIpc) is 2.55. The van der Waals surface area contributed by atoms with Gasteiger partial charge in [-0.05, 0) is 13.8 Å². The third-order valence-corrected chi connectivity index (χ3v) is 11.4. The first kappa shape index (κ1) is 26.8. The Kier molecular flexibility index (Phi) is 18.9. The van der Waals surface area contributed by atoms with Crippen molar-refractivity contribution < 1.29 is 18.5 Å². The summed E-state index contributed by atoms with van der Waals surface area (Å²) in [6.45, 7) is 13.1. The molecule has 24 heavy (non-hydrogen) atoms. The molecule has 0 saturated carbocycles. The van der Waals surface area contributed by atoms with Crippen molar-refractivity contribution in [3.63, 3.8) is 0 Å². The summed E-state index contributed by atoms with van der Waals surface area (Å²) in [5, 5.41) is 0. The fraction of sp³-hybridized carbons (Fsp3) is 1.00. The molecule has 0 bridgehead atoms. The molecule has 0 heterocycles. The number of phosphoric ester groups is 1. The molecular formula is C18H44O4P2. The number of hydrogen-bond donors (Lipinski definition) is 1. The Morgan fingerprint density at radius 3 is 1.29 bits per heavy atom. The Labute approximate surface area is 152 Å². The molecule has 0 radical (unpaired) electrons. The van der Waals surface area contributed by atoms with Gasteiger partial charge in [0.25, 0.3) is 0 Å². The van der Waals surface area contributed by atoms with Gasteiger partial charge in [-0.25, -0.2) is 4.57 Å². The van der Waals surface area contributed by atoms with Crippen LogP contribution in [-0.4, -0.2) is 42.8 Å². The number of hydrogen-bond acceptors (Lipinski definition) is 3. The summed E-state index contributed by atoms with van der Waals surface area (Å²) in [6.07, 6.45) is 15.0. The van der Waals surface area contributed by atoms with Crippen LogP contribution in [0.3, 0.4) is 0 Å². The molecule has 6 heteroatoms. The molecule has 1 N–H and O–H groups in total. The monoisotopic (exact) mass is 386 g/mol. The van der Waals surface area contributed by atoms with Crippen LogP contribution in [0.1, 0.15) is 80.1 Å². The molecule has 0 rings (SSSR count). The maximum Gasteiger partial charge on any atom is 0.472 e. The van der Waals surface area contributed by atoms with Crippen molar-refractivity contribution in [2.24, 2.45) is 0 Å². The van der Waals surface area contributed by atoms with Crippen LogP contribution in [-0.2, 0) is 13.6 Å². The van der Waals surface area contributed by atoms with Crippen LogP contribution in [0.15, 0.2) is 0 Å². The molecule has 0 fully saturated rings. The van der Waals surface area contributed by atoms with Crippen molar-refractivity contribution in [3.05, 3.63) is 0 Å². The van der Waals surface area contributed by atoms with Crippen molar-refractivity contribution in [2.45, 2.75) is 80.1 Å². The Hall–Kier alpha value is 0.540. The molecular weight excluding hydrogens is 342 g/mol. The zero-order valence-corrected chi connectivity index (χ0v) is 19.0. The van der Waals surface area contributed by atoms with Crippen LogP contribution < -0.4 is 0 Å². The molecule has 0 aliphatic carbocycles. The molecule has 0 amide bonds. The third-order valence-electron chi connectivity index (χ3n) is 4.52. The van der Waals surface area contributed by atoms with Gasteiger partial charge in [-0.15, -0.1) is 0 Å². The fourth-order valence-electron chi connectivity index (χ4n) is 2.92. The minimum atomic E-state index is -3.69. The Morgan fingerprint density at radius 2 is 1.08 bits per heavy atom. The normalized spacial score (nSPS) is 12.6. The maximum absolute atomic E-state index is 10.5. The van der Waals surface area contributed by atoms with Crippen LogP contribution in [0.25, 0.3) is 0 Å². The van der Waals surface area contributed by atoms with Crippen LogP contribution >= 0.6 is 15.1 Å². The van der Waals surface area contributed by atoms with Gasteiger partial charge in [-0.1, -0.05) is 0 Å².